The van der Waals surface area contributed by atoms with Gasteiger partial charge in [-0.2, -0.15) is 0 Å². The van der Waals surface area contributed by atoms with Gasteiger partial charge in [-0.1, -0.05) is 48.6 Å². The van der Waals surface area contributed by atoms with Gasteiger partial charge in [0.1, 0.15) is 35.9 Å². The second-order valence-corrected chi connectivity index (χ2v) is 7.71. The number of aromatic nitrogens is 4. The van der Waals surface area contributed by atoms with Crippen molar-refractivity contribution in [1.82, 2.24) is 19.7 Å². The first-order valence-corrected chi connectivity index (χ1v) is 11.0. The molecule has 0 atom stereocenters. The van der Waals surface area contributed by atoms with Gasteiger partial charge in [0, 0.05) is 6.54 Å². The summed E-state index contributed by atoms with van der Waals surface area (Å²) >= 11 is 0. The number of ether oxygens (including phenoxy) is 2. The summed E-state index contributed by atoms with van der Waals surface area (Å²) in [6.45, 7) is 1.44. The van der Waals surface area contributed by atoms with E-state index in [0.29, 0.717) is 60.6 Å². The van der Waals surface area contributed by atoms with Crippen LogP contribution in [-0.2, 0) is 13.2 Å². The summed E-state index contributed by atoms with van der Waals surface area (Å²) in [7, 11) is 0. The van der Waals surface area contributed by atoms with Crippen molar-refractivity contribution in [3.8, 4) is 23.0 Å². The summed E-state index contributed by atoms with van der Waals surface area (Å²) in [5.41, 5.74) is 2.04. The van der Waals surface area contributed by atoms with E-state index in [9.17, 15) is 4.79 Å². The van der Waals surface area contributed by atoms with Gasteiger partial charge in [0.05, 0.1) is 12.2 Å². The fourth-order valence-corrected chi connectivity index (χ4v) is 3.59. The van der Waals surface area contributed by atoms with Gasteiger partial charge in [-0.15, -0.1) is 10.2 Å². The average Bonchev–Trinajstić information content (AvgIpc) is 3.34. The van der Waals surface area contributed by atoms with Crippen LogP contribution in [0.3, 0.4) is 0 Å². The minimum absolute atomic E-state index is 0.336. The van der Waals surface area contributed by atoms with Crippen LogP contribution in [-0.4, -0.2) is 32.3 Å². The smallest absolute Gasteiger partial charge is 0.260 e. The Bertz CT molecular complexity index is 1320. The topological polar surface area (TPSA) is 91.2 Å². The van der Waals surface area contributed by atoms with E-state index in [1.54, 1.807) is 24.5 Å². The van der Waals surface area contributed by atoms with Crippen LogP contribution in [0.5, 0.6) is 11.5 Å². The predicted octanol–water partition coefficient (Wildman–Crippen LogP) is 4.51. The largest absolute Gasteiger partial charge is 0.492 e. The van der Waals surface area contributed by atoms with Crippen LogP contribution in [0.25, 0.3) is 11.5 Å². The van der Waals surface area contributed by atoms with Gasteiger partial charge in [-0.25, -0.2) is 4.98 Å². The maximum atomic E-state index is 13.2. The molecule has 2 aromatic heterocycles. The van der Waals surface area contributed by atoms with Gasteiger partial charge in [0.15, 0.2) is 5.82 Å². The molecule has 34 heavy (non-hydrogen) atoms. The number of hydrogen-bond donors (Lipinski definition) is 1. The summed E-state index contributed by atoms with van der Waals surface area (Å²) in [5, 5.41) is 11.1. The highest BCUT2D eigenvalue weighted by Crippen LogP contribution is 2.27. The molecule has 1 amide bonds. The van der Waals surface area contributed by atoms with E-state index >= 15 is 0 Å². The Morgan fingerprint density at radius 1 is 1.03 bits per heavy atom. The SMILES string of the molecule is O=C1Nc2cccc(n2)-c2nncn2C/C=C/CCOc2ccc(OCc3ccccc3)cc21. The van der Waals surface area contributed by atoms with Crippen molar-refractivity contribution in [2.24, 2.45) is 0 Å². The normalized spacial score (nSPS) is 14.4. The minimum Gasteiger partial charge on any atom is -0.492 e. The molecular formula is C26H23N5O3. The predicted molar refractivity (Wildman–Crippen MR) is 128 cm³/mol. The van der Waals surface area contributed by atoms with Gasteiger partial charge in [-0.3, -0.25) is 4.79 Å². The summed E-state index contributed by atoms with van der Waals surface area (Å²) in [6.07, 6.45) is 6.42. The van der Waals surface area contributed by atoms with Crippen molar-refractivity contribution >= 4 is 11.7 Å². The second-order valence-electron chi connectivity index (χ2n) is 7.71. The zero-order valence-electron chi connectivity index (χ0n) is 18.4. The summed E-state index contributed by atoms with van der Waals surface area (Å²) in [4.78, 5) is 17.8. The number of nitrogens with one attached hydrogen (secondary N) is 1. The summed E-state index contributed by atoms with van der Waals surface area (Å²) < 4.78 is 13.8. The molecule has 8 heteroatoms. The quantitative estimate of drug-likeness (QED) is 0.459. The molecule has 4 aromatic rings. The Hall–Kier alpha value is -4.46. The maximum Gasteiger partial charge on any atom is 0.260 e. The van der Waals surface area contributed by atoms with E-state index < -0.39 is 0 Å². The molecule has 0 unspecified atom stereocenters. The monoisotopic (exact) mass is 453 g/mol. The number of allylic oxidation sites excluding steroid dienone is 1. The molecule has 0 radical (unpaired) electrons. The van der Waals surface area contributed by atoms with Crippen molar-refractivity contribution in [2.75, 3.05) is 11.9 Å². The van der Waals surface area contributed by atoms with E-state index in [-0.39, 0.29) is 5.91 Å². The first-order valence-electron chi connectivity index (χ1n) is 11.0. The number of fused-ring (bicyclic) bond motifs is 5. The molecule has 0 fully saturated rings. The number of hydrogen-bond acceptors (Lipinski definition) is 6. The van der Waals surface area contributed by atoms with Crippen LogP contribution in [0.4, 0.5) is 5.82 Å². The molecule has 2 bridgehead atoms. The molecule has 1 aliphatic rings. The van der Waals surface area contributed by atoms with Gasteiger partial charge in [-0.05, 0) is 42.3 Å². The Morgan fingerprint density at radius 2 is 1.94 bits per heavy atom. The fraction of sp³-hybridized carbons (Fsp3) is 0.154. The Labute approximate surface area is 196 Å². The molecule has 0 spiro atoms. The van der Waals surface area contributed by atoms with Crippen LogP contribution in [0.2, 0.25) is 0 Å². The number of carbonyl (C=O) groups is 1. The number of rotatable bonds is 3. The van der Waals surface area contributed by atoms with E-state index in [1.807, 2.05) is 65.3 Å². The number of benzene rings is 2. The maximum absolute atomic E-state index is 13.2. The minimum atomic E-state index is -0.336. The number of pyridine rings is 1. The third-order valence-corrected chi connectivity index (χ3v) is 5.29. The molecule has 5 rings (SSSR count). The Balaban J connectivity index is 1.44. The van der Waals surface area contributed by atoms with Gasteiger partial charge >= 0.3 is 0 Å². The third-order valence-electron chi connectivity index (χ3n) is 5.29. The van der Waals surface area contributed by atoms with E-state index in [4.69, 9.17) is 9.47 Å². The lowest BCUT2D eigenvalue weighted by atomic mass is 10.1. The summed E-state index contributed by atoms with van der Waals surface area (Å²) in [5.74, 6) is 1.76. The molecule has 0 saturated carbocycles. The van der Waals surface area contributed by atoms with Crippen LogP contribution in [0.15, 0.2) is 85.2 Å². The van der Waals surface area contributed by atoms with Crippen LogP contribution < -0.4 is 14.8 Å². The van der Waals surface area contributed by atoms with Crippen molar-refractivity contribution < 1.29 is 14.3 Å². The zero-order valence-corrected chi connectivity index (χ0v) is 18.4. The zero-order chi connectivity index (χ0) is 23.2. The molecular weight excluding hydrogens is 430 g/mol. The molecule has 2 aromatic carbocycles. The fourth-order valence-electron chi connectivity index (χ4n) is 3.59. The number of nitrogens with zero attached hydrogens (tertiary/aromatic N) is 4. The van der Waals surface area contributed by atoms with Gasteiger partial charge < -0.3 is 19.4 Å². The first kappa shape index (κ1) is 21.4. The first-order chi connectivity index (χ1) is 16.8. The third kappa shape index (κ3) is 4.96. The van der Waals surface area contributed by atoms with Crippen molar-refractivity contribution in [3.05, 3.63) is 96.3 Å². The summed E-state index contributed by atoms with van der Waals surface area (Å²) in [6, 6.07) is 20.5. The number of amides is 1. The van der Waals surface area contributed by atoms with Crippen LogP contribution in [0, 0.1) is 0 Å². The van der Waals surface area contributed by atoms with Crippen molar-refractivity contribution in [2.45, 2.75) is 19.6 Å². The average molecular weight is 454 g/mol. The highest BCUT2D eigenvalue weighted by Gasteiger charge is 2.17. The number of carbonyl (C=O) groups excluding carboxylic acids is 1. The van der Waals surface area contributed by atoms with Crippen LogP contribution >= 0.6 is 0 Å². The highest BCUT2D eigenvalue weighted by molar-refractivity contribution is 6.06. The molecule has 8 nitrogen and oxygen atoms in total. The second kappa shape index (κ2) is 9.99. The molecule has 170 valence electrons. The molecule has 0 aliphatic carbocycles. The highest BCUT2D eigenvalue weighted by atomic mass is 16.5. The Morgan fingerprint density at radius 3 is 2.85 bits per heavy atom. The van der Waals surface area contributed by atoms with E-state index in [2.05, 4.69) is 20.5 Å². The lowest BCUT2D eigenvalue weighted by Gasteiger charge is -2.14. The molecule has 0 saturated heterocycles. The molecule has 3 heterocycles. The number of anilines is 1. The van der Waals surface area contributed by atoms with E-state index in [0.717, 1.165) is 5.56 Å². The molecule has 1 aliphatic heterocycles. The van der Waals surface area contributed by atoms with Gasteiger partial charge in [0.25, 0.3) is 5.91 Å². The lowest BCUT2D eigenvalue weighted by molar-refractivity contribution is 0.102. The molecule has 1 N–H and O–H groups in total. The Kier molecular flexibility index (Phi) is 6.29. The lowest BCUT2D eigenvalue weighted by Crippen LogP contribution is -2.15. The van der Waals surface area contributed by atoms with Crippen LogP contribution in [0.1, 0.15) is 22.3 Å². The van der Waals surface area contributed by atoms with Gasteiger partial charge in [0.2, 0.25) is 0 Å². The standard InChI is InChI=1S/C26H23N5O3/c32-26-21-16-20(34-17-19-8-3-1-4-9-19)12-13-23(21)33-15-6-2-5-14-31-18-27-30-25(31)22-10-7-11-24(28-22)29-26/h1-5,7-13,16,18H,6,14-15,17H2,(H,28,29,32)/b5-2+. The van der Waals surface area contributed by atoms with E-state index in [1.165, 1.54) is 0 Å². The van der Waals surface area contributed by atoms with Crippen molar-refractivity contribution in [1.29, 1.82) is 0 Å². The van der Waals surface area contributed by atoms with Crippen molar-refractivity contribution in [3.63, 3.8) is 0 Å².